The van der Waals surface area contributed by atoms with Crippen molar-refractivity contribution in [2.75, 3.05) is 26.2 Å². The largest absolute Gasteiger partial charge is 0.493 e. The summed E-state index contributed by atoms with van der Waals surface area (Å²) in [6.45, 7) is 3.93. The molecule has 0 aromatic heterocycles. The predicted molar refractivity (Wildman–Crippen MR) is 55.4 cm³/mol. The molecule has 2 aliphatic rings. The highest BCUT2D eigenvalue weighted by molar-refractivity contribution is 5.10. The van der Waals surface area contributed by atoms with Gasteiger partial charge in [-0.2, -0.15) is 0 Å². The van der Waals surface area contributed by atoms with Crippen LogP contribution in [0.15, 0.2) is 18.0 Å². The second-order valence-corrected chi connectivity index (χ2v) is 3.79. The zero-order valence-corrected chi connectivity index (χ0v) is 8.38. The maximum atomic E-state index is 5.66. The summed E-state index contributed by atoms with van der Waals surface area (Å²) in [6, 6.07) is 0. The summed E-state index contributed by atoms with van der Waals surface area (Å²) in [4.78, 5) is 0. The Kier molecular flexibility index (Phi) is 3.46. The van der Waals surface area contributed by atoms with Gasteiger partial charge in [0.2, 0.25) is 0 Å². The fourth-order valence-corrected chi connectivity index (χ4v) is 1.77. The van der Waals surface area contributed by atoms with Crippen LogP contribution in [-0.2, 0) is 4.74 Å². The molecule has 0 aromatic carbocycles. The summed E-state index contributed by atoms with van der Waals surface area (Å²) in [5, 5.41) is 6.43. The van der Waals surface area contributed by atoms with Crippen molar-refractivity contribution in [3.05, 3.63) is 24.1 Å². The first-order valence-corrected chi connectivity index (χ1v) is 5.30. The number of rotatable bonds is 3. The summed E-state index contributed by atoms with van der Waals surface area (Å²) >= 11 is 0. The van der Waals surface area contributed by atoms with Crippen LogP contribution < -0.4 is 10.6 Å². The van der Waals surface area contributed by atoms with Gasteiger partial charge in [0.25, 0.3) is 0 Å². The van der Waals surface area contributed by atoms with Crippen molar-refractivity contribution in [2.24, 2.45) is 5.92 Å². The molecule has 2 heterocycles. The van der Waals surface area contributed by atoms with E-state index in [-0.39, 0.29) is 0 Å². The minimum Gasteiger partial charge on any atom is -0.493 e. The van der Waals surface area contributed by atoms with Crippen molar-refractivity contribution < 1.29 is 4.74 Å². The predicted octanol–water partition coefficient (Wildman–Crippen LogP) is 0.807. The molecule has 1 fully saturated rings. The zero-order chi connectivity index (χ0) is 9.64. The maximum absolute atomic E-state index is 5.66. The normalized spacial score (nSPS) is 26.6. The molecule has 14 heavy (non-hydrogen) atoms. The quantitative estimate of drug-likeness (QED) is 0.696. The zero-order valence-electron chi connectivity index (χ0n) is 8.38. The van der Waals surface area contributed by atoms with Crippen LogP contribution in [0.4, 0.5) is 0 Å². The molecule has 1 unspecified atom stereocenters. The molecule has 0 amide bonds. The van der Waals surface area contributed by atoms with Crippen molar-refractivity contribution in [3.63, 3.8) is 0 Å². The third-order valence-electron chi connectivity index (χ3n) is 2.60. The van der Waals surface area contributed by atoms with Gasteiger partial charge in [0.1, 0.15) is 5.76 Å². The molecule has 0 saturated carbocycles. The number of piperidine rings is 1. The van der Waals surface area contributed by atoms with Gasteiger partial charge in [0, 0.05) is 31.3 Å². The van der Waals surface area contributed by atoms with E-state index in [4.69, 9.17) is 4.74 Å². The molecule has 0 aliphatic carbocycles. The minimum atomic E-state index is 0.668. The summed E-state index contributed by atoms with van der Waals surface area (Å²) in [5.74, 6) is 1.55. The van der Waals surface area contributed by atoms with Crippen LogP contribution in [0.3, 0.4) is 0 Å². The summed E-state index contributed by atoms with van der Waals surface area (Å²) in [5.41, 5.74) is 0. The number of nitrogens with one attached hydrogen (secondary N) is 2. The Morgan fingerprint density at radius 2 is 2.57 bits per heavy atom. The Morgan fingerprint density at radius 3 is 3.29 bits per heavy atom. The number of dihydropyridines is 1. The van der Waals surface area contributed by atoms with E-state index in [2.05, 4.69) is 16.7 Å². The number of allylic oxidation sites excluding steroid dienone is 1. The molecule has 2 N–H and O–H groups in total. The van der Waals surface area contributed by atoms with E-state index in [1.807, 2.05) is 12.3 Å². The van der Waals surface area contributed by atoms with Crippen LogP contribution in [0.25, 0.3) is 0 Å². The second kappa shape index (κ2) is 5.05. The van der Waals surface area contributed by atoms with Gasteiger partial charge in [0.15, 0.2) is 0 Å². The lowest BCUT2D eigenvalue weighted by molar-refractivity contribution is 0.153. The van der Waals surface area contributed by atoms with E-state index in [0.717, 1.165) is 32.0 Å². The van der Waals surface area contributed by atoms with Crippen molar-refractivity contribution in [3.8, 4) is 0 Å². The molecule has 2 rings (SSSR count). The Morgan fingerprint density at radius 1 is 1.57 bits per heavy atom. The average Bonchev–Trinajstić information content (AvgIpc) is 2.29. The summed E-state index contributed by atoms with van der Waals surface area (Å²) in [6.07, 6.45) is 9.43. The number of hydrogen-bond acceptors (Lipinski definition) is 3. The molecule has 3 nitrogen and oxygen atoms in total. The molecule has 0 aromatic rings. The van der Waals surface area contributed by atoms with Crippen LogP contribution in [0, 0.1) is 12.0 Å². The van der Waals surface area contributed by atoms with Gasteiger partial charge >= 0.3 is 0 Å². The fourth-order valence-electron chi connectivity index (χ4n) is 1.77. The highest BCUT2D eigenvalue weighted by Crippen LogP contribution is 2.12. The van der Waals surface area contributed by atoms with Gasteiger partial charge in [-0.05, 0) is 25.5 Å². The topological polar surface area (TPSA) is 33.3 Å². The van der Waals surface area contributed by atoms with Crippen LogP contribution in [0.5, 0.6) is 0 Å². The molecular weight excluding hydrogens is 176 g/mol. The highest BCUT2D eigenvalue weighted by atomic mass is 16.5. The standard InChI is InChI=1S/C11H17N2O/c1-2-10(8-13-5-1)9-14-11-3-6-12-7-4-11/h3,7,10,12-13H,1-2,5-6,8-9H2. The second-order valence-electron chi connectivity index (χ2n) is 3.79. The molecule has 3 heteroatoms. The van der Waals surface area contributed by atoms with E-state index < -0.39 is 0 Å². The Labute approximate surface area is 85.2 Å². The highest BCUT2D eigenvalue weighted by Gasteiger charge is 2.13. The molecule has 0 spiro atoms. The van der Waals surface area contributed by atoms with E-state index in [1.165, 1.54) is 12.8 Å². The lowest BCUT2D eigenvalue weighted by Gasteiger charge is -2.23. The molecule has 0 bridgehead atoms. The first-order valence-electron chi connectivity index (χ1n) is 5.30. The average molecular weight is 193 g/mol. The van der Waals surface area contributed by atoms with Crippen LogP contribution in [0.2, 0.25) is 0 Å². The molecular formula is C11H17N2O. The summed E-state index contributed by atoms with van der Waals surface area (Å²) in [7, 11) is 0. The fraction of sp³-hybridized carbons (Fsp3) is 0.636. The van der Waals surface area contributed by atoms with Crippen molar-refractivity contribution >= 4 is 0 Å². The van der Waals surface area contributed by atoms with Gasteiger partial charge < -0.3 is 15.4 Å². The molecule has 1 radical (unpaired) electrons. The molecule has 77 valence electrons. The smallest absolute Gasteiger partial charge is 0.126 e. The van der Waals surface area contributed by atoms with E-state index in [1.54, 1.807) is 0 Å². The Hall–Kier alpha value is -0.960. The first kappa shape index (κ1) is 9.59. The van der Waals surface area contributed by atoms with Gasteiger partial charge in [0.05, 0.1) is 6.61 Å². The molecule has 2 aliphatic heterocycles. The monoisotopic (exact) mass is 193 g/mol. The van der Waals surface area contributed by atoms with Gasteiger partial charge in [-0.25, -0.2) is 0 Å². The lowest BCUT2D eigenvalue weighted by atomic mass is 10.0. The third kappa shape index (κ3) is 2.77. The van der Waals surface area contributed by atoms with Gasteiger partial charge in [-0.15, -0.1) is 0 Å². The van der Waals surface area contributed by atoms with Gasteiger partial charge in [-0.1, -0.05) is 0 Å². The summed E-state index contributed by atoms with van der Waals surface area (Å²) < 4.78 is 5.66. The Balaban J connectivity index is 1.70. The van der Waals surface area contributed by atoms with E-state index in [0.29, 0.717) is 5.92 Å². The van der Waals surface area contributed by atoms with Crippen LogP contribution >= 0.6 is 0 Å². The number of ether oxygens (including phenoxy) is 1. The minimum absolute atomic E-state index is 0.668. The van der Waals surface area contributed by atoms with Crippen LogP contribution in [-0.4, -0.2) is 26.2 Å². The SMILES string of the molecule is [C]1=CNCC=C1OCC1CCCNC1. The Bertz CT molecular complexity index is 229. The first-order chi connectivity index (χ1) is 6.95. The maximum Gasteiger partial charge on any atom is 0.126 e. The molecule has 1 saturated heterocycles. The van der Waals surface area contributed by atoms with Crippen molar-refractivity contribution in [1.29, 1.82) is 0 Å². The van der Waals surface area contributed by atoms with E-state index in [9.17, 15) is 0 Å². The van der Waals surface area contributed by atoms with E-state index >= 15 is 0 Å². The van der Waals surface area contributed by atoms with Crippen molar-refractivity contribution in [2.45, 2.75) is 12.8 Å². The number of hydrogen-bond donors (Lipinski definition) is 2. The van der Waals surface area contributed by atoms with Crippen molar-refractivity contribution in [1.82, 2.24) is 10.6 Å². The third-order valence-corrected chi connectivity index (χ3v) is 2.60. The van der Waals surface area contributed by atoms with Crippen LogP contribution in [0.1, 0.15) is 12.8 Å². The lowest BCUT2D eigenvalue weighted by Crippen LogP contribution is -2.32. The molecule has 1 atom stereocenters. The van der Waals surface area contributed by atoms with Gasteiger partial charge in [-0.3, -0.25) is 0 Å².